The Labute approximate surface area is 130 Å². The molecule has 0 amide bonds. The quantitative estimate of drug-likeness (QED) is 0.472. The first kappa shape index (κ1) is 14.3. The summed E-state index contributed by atoms with van der Waals surface area (Å²) in [5, 5.41) is 1.48. The first-order chi connectivity index (χ1) is 8.08. The second-order valence-electron chi connectivity index (χ2n) is 4.38. The lowest BCUT2D eigenvalue weighted by Gasteiger charge is -2.37. The first-order valence-electron chi connectivity index (χ1n) is 5.69. The minimum absolute atomic E-state index is 0.112. The molecule has 1 fully saturated rings. The van der Waals surface area contributed by atoms with Crippen LogP contribution in [0.5, 0.6) is 0 Å². The van der Waals surface area contributed by atoms with Gasteiger partial charge in [0.1, 0.15) is 0 Å². The molecule has 17 heavy (non-hydrogen) atoms. The molecule has 0 aliphatic carbocycles. The van der Waals surface area contributed by atoms with Crippen LogP contribution in [0.15, 0.2) is 24.3 Å². The maximum atomic E-state index is 5.80. The van der Waals surface area contributed by atoms with Crippen molar-refractivity contribution in [1.82, 2.24) is 0 Å². The molecule has 1 heterocycles. The average molecular weight is 475 g/mol. The van der Waals surface area contributed by atoms with Crippen LogP contribution in [0.4, 0.5) is 5.69 Å². The molecule has 0 saturated carbocycles. The standard InChI is InChI=1S/C12H16I2NOP/c1-9-7-15(8-10(2)16-9)11-5-3-4-6-12(11)17(13)14/h3-6,9-10H,7-8H2,1-2H3. The maximum Gasteiger partial charge on any atom is 0.0726 e. The number of hydrogen-bond donors (Lipinski definition) is 0. The Balaban J connectivity index is 2.27. The van der Waals surface area contributed by atoms with Crippen molar-refractivity contribution in [3.8, 4) is 0 Å². The van der Waals surface area contributed by atoms with Gasteiger partial charge in [0.25, 0.3) is 0 Å². The Bertz CT molecular complexity index is 379. The predicted octanol–water partition coefficient (Wildman–Crippen LogP) is 4.11. The van der Waals surface area contributed by atoms with Crippen LogP contribution < -0.4 is 10.2 Å². The molecule has 2 unspecified atom stereocenters. The molecule has 0 bridgehead atoms. The minimum Gasteiger partial charge on any atom is -0.372 e. The van der Waals surface area contributed by atoms with E-state index in [1.54, 1.807) is 0 Å². The van der Waals surface area contributed by atoms with Crippen molar-refractivity contribution in [1.29, 1.82) is 0 Å². The predicted molar refractivity (Wildman–Crippen MR) is 93.3 cm³/mol. The van der Waals surface area contributed by atoms with Gasteiger partial charge in [-0.15, -0.1) is 0 Å². The molecule has 0 aromatic heterocycles. The SMILES string of the molecule is CC1CN(c2ccccc2P(I)I)CC(C)O1. The molecule has 1 saturated heterocycles. The van der Waals surface area contributed by atoms with Crippen LogP contribution in [0, 0.1) is 0 Å². The van der Waals surface area contributed by atoms with Gasteiger partial charge in [0, 0.05) is 24.1 Å². The molecule has 94 valence electrons. The summed E-state index contributed by atoms with van der Waals surface area (Å²) in [6.45, 7) is 6.31. The van der Waals surface area contributed by atoms with Crippen LogP contribution in [0.2, 0.25) is 0 Å². The van der Waals surface area contributed by atoms with E-state index in [0.29, 0.717) is 12.2 Å². The topological polar surface area (TPSA) is 12.5 Å². The number of benzene rings is 1. The van der Waals surface area contributed by atoms with E-state index in [-0.39, 0.29) is 3.21 Å². The Hall–Kier alpha value is 0.870. The third-order valence-corrected chi connectivity index (χ3v) is 6.68. The number of nitrogens with zero attached hydrogens (tertiary/aromatic N) is 1. The van der Waals surface area contributed by atoms with Gasteiger partial charge in [-0.25, -0.2) is 0 Å². The molecular formula is C12H16I2NOP. The van der Waals surface area contributed by atoms with E-state index in [0.717, 1.165) is 13.1 Å². The molecule has 0 N–H and O–H groups in total. The molecule has 1 aliphatic heterocycles. The van der Waals surface area contributed by atoms with Gasteiger partial charge in [-0.1, -0.05) is 18.2 Å². The van der Waals surface area contributed by atoms with Crippen molar-refractivity contribution in [2.45, 2.75) is 26.1 Å². The van der Waals surface area contributed by atoms with Gasteiger partial charge >= 0.3 is 0 Å². The van der Waals surface area contributed by atoms with Crippen molar-refractivity contribution in [2.24, 2.45) is 0 Å². The fraction of sp³-hybridized carbons (Fsp3) is 0.500. The molecule has 2 atom stereocenters. The number of hydrogen-bond acceptors (Lipinski definition) is 2. The first-order valence-corrected chi connectivity index (χ1v) is 12.6. The minimum atomic E-state index is -0.112. The Morgan fingerprint density at radius 1 is 1.18 bits per heavy atom. The van der Waals surface area contributed by atoms with Gasteiger partial charge < -0.3 is 9.64 Å². The second kappa shape index (κ2) is 6.35. The van der Waals surface area contributed by atoms with E-state index >= 15 is 0 Å². The highest BCUT2D eigenvalue weighted by Crippen LogP contribution is 2.54. The summed E-state index contributed by atoms with van der Waals surface area (Å²) in [7, 11) is 0. The van der Waals surface area contributed by atoms with Gasteiger partial charge in [-0.3, -0.25) is 0 Å². The lowest BCUT2D eigenvalue weighted by atomic mass is 10.2. The number of para-hydroxylation sites is 1. The number of ether oxygens (including phenoxy) is 1. The molecule has 1 aliphatic rings. The summed E-state index contributed by atoms with van der Waals surface area (Å²) < 4.78 is 5.69. The van der Waals surface area contributed by atoms with Crippen molar-refractivity contribution in [2.75, 3.05) is 18.0 Å². The Morgan fingerprint density at radius 3 is 2.35 bits per heavy atom. The van der Waals surface area contributed by atoms with Crippen LogP contribution in [0.25, 0.3) is 0 Å². The molecule has 2 nitrogen and oxygen atoms in total. The lowest BCUT2D eigenvalue weighted by Crippen LogP contribution is -2.46. The van der Waals surface area contributed by atoms with Gasteiger partial charge in [-0.05, 0) is 64.0 Å². The zero-order valence-electron chi connectivity index (χ0n) is 9.94. The molecule has 2 rings (SSSR count). The van der Waals surface area contributed by atoms with E-state index < -0.39 is 0 Å². The van der Waals surface area contributed by atoms with Crippen molar-refractivity contribution in [3.05, 3.63) is 24.3 Å². The Morgan fingerprint density at radius 2 is 1.76 bits per heavy atom. The Kier molecular flexibility index (Phi) is 5.33. The third kappa shape index (κ3) is 3.67. The van der Waals surface area contributed by atoms with E-state index in [1.807, 2.05) is 0 Å². The van der Waals surface area contributed by atoms with E-state index in [1.165, 1.54) is 11.0 Å². The van der Waals surface area contributed by atoms with E-state index in [2.05, 4.69) is 87.1 Å². The molecule has 1 aromatic carbocycles. The fourth-order valence-electron chi connectivity index (χ4n) is 2.25. The molecule has 0 spiro atoms. The summed E-state index contributed by atoms with van der Waals surface area (Å²) in [5.41, 5.74) is 1.39. The normalized spacial score (nSPS) is 25.4. The van der Waals surface area contributed by atoms with Crippen molar-refractivity contribution >= 4 is 58.3 Å². The number of morpholine rings is 1. The van der Waals surface area contributed by atoms with Crippen LogP contribution >= 0.6 is 47.3 Å². The third-order valence-electron chi connectivity index (χ3n) is 2.82. The summed E-state index contributed by atoms with van der Waals surface area (Å²) in [6, 6.07) is 8.77. The van der Waals surface area contributed by atoms with Gasteiger partial charge in [-0.2, -0.15) is 0 Å². The average Bonchev–Trinajstić information content (AvgIpc) is 2.27. The van der Waals surface area contributed by atoms with E-state index in [9.17, 15) is 0 Å². The molecular weight excluding hydrogens is 459 g/mol. The summed E-state index contributed by atoms with van der Waals surface area (Å²) in [4.78, 5) is 2.47. The maximum absolute atomic E-state index is 5.80. The zero-order chi connectivity index (χ0) is 12.4. The molecule has 0 radical (unpaired) electrons. The summed E-state index contributed by atoms with van der Waals surface area (Å²) >= 11 is 5.07. The fourth-order valence-corrected chi connectivity index (χ4v) is 5.28. The summed E-state index contributed by atoms with van der Waals surface area (Å²) in [6.07, 6.45) is 0.642. The monoisotopic (exact) mass is 475 g/mol. The number of anilines is 1. The van der Waals surface area contributed by atoms with Gasteiger partial charge in [0.05, 0.1) is 15.4 Å². The number of halogens is 2. The largest absolute Gasteiger partial charge is 0.372 e. The van der Waals surface area contributed by atoms with Crippen LogP contribution in [-0.2, 0) is 4.74 Å². The molecule has 5 heteroatoms. The molecule has 1 aromatic rings. The van der Waals surface area contributed by atoms with Crippen LogP contribution in [0.1, 0.15) is 13.8 Å². The smallest absolute Gasteiger partial charge is 0.0726 e. The van der Waals surface area contributed by atoms with Crippen LogP contribution in [-0.4, -0.2) is 25.3 Å². The number of rotatable bonds is 2. The lowest BCUT2D eigenvalue weighted by molar-refractivity contribution is -0.00515. The van der Waals surface area contributed by atoms with Gasteiger partial charge in [0.2, 0.25) is 0 Å². The van der Waals surface area contributed by atoms with Gasteiger partial charge in [0.15, 0.2) is 0 Å². The highest BCUT2D eigenvalue weighted by molar-refractivity contribution is 14.3. The van der Waals surface area contributed by atoms with Crippen molar-refractivity contribution < 1.29 is 4.74 Å². The summed E-state index contributed by atoms with van der Waals surface area (Å²) in [5.74, 6) is 0. The highest BCUT2D eigenvalue weighted by Gasteiger charge is 2.24. The zero-order valence-corrected chi connectivity index (χ0v) is 15.1. The second-order valence-corrected chi connectivity index (χ2v) is 16.7. The van der Waals surface area contributed by atoms with E-state index in [4.69, 9.17) is 4.74 Å². The highest BCUT2D eigenvalue weighted by atomic mass is 127. The van der Waals surface area contributed by atoms with Crippen molar-refractivity contribution in [3.63, 3.8) is 0 Å². The van der Waals surface area contributed by atoms with Crippen LogP contribution in [0.3, 0.4) is 0 Å².